The second kappa shape index (κ2) is 10.00. The molecule has 0 atom stereocenters. The van der Waals surface area contributed by atoms with Crippen LogP contribution in [0.4, 0.5) is 11.4 Å². The third kappa shape index (κ3) is 5.34. The Morgan fingerprint density at radius 3 is 2.70 bits per heavy atom. The Kier molecular flexibility index (Phi) is 6.92. The lowest BCUT2D eigenvalue weighted by Gasteiger charge is -2.29. The van der Waals surface area contributed by atoms with Crippen LogP contribution in [-0.2, 0) is 16.1 Å². The first kappa shape index (κ1) is 20.8. The highest BCUT2D eigenvalue weighted by molar-refractivity contribution is 7.99. The second-order valence-corrected chi connectivity index (χ2v) is 8.72. The first-order valence-electron chi connectivity index (χ1n) is 10.4. The van der Waals surface area contributed by atoms with E-state index in [1.54, 1.807) is 4.90 Å². The molecule has 2 amide bonds. The van der Waals surface area contributed by atoms with Crippen molar-refractivity contribution >= 4 is 35.0 Å². The lowest BCUT2D eigenvalue weighted by atomic mass is 10.1. The number of carbonyl (C=O) groups excluding carboxylic acids is 2. The summed E-state index contributed by atoms with van der Waals surface area (Å²) in [7, 11) is 0. The Morgan fingerprint density at radius 1 is 1.00 bits per heavy atom. The third-order valence-electron chi connectivity index (χ3n) is 5.32. The Hall–Kier alpha value is -2.51. The van der Waals surface area contributed by atoms with Crippen LogP contribution in [0.2, 0.25) is 0 Å². The monoisotopic (exact) mass is 425 g/mol. The van der Waals surface area contributed by atoms with E-state index in [1.807, 2.05) is 54.2 Å². The minimum atomic E-state index is -0.142. The number of rotatable bonds is 6. The van der Waals surface area contributed by atoms with Crippen molar-refractivity contribution < 1.29 is 14.3 Å². The summed E-state index contributed by atoms with van der Waals surface area (Å²) in [6, 6.07) is 15.5. The summed E-state index contributed by atoms with van der Waals surface area (Å²) in [5, 5.41) is 2.94. The highest BCUT2D eigenvalue weighted by atomic mass is 32.2. The van der Waals surface area contributed by atoms with Gasteiger partial charge in [-0.1, -0.05) is 24.3 Å². The van der Waals surface area contributed by atoms with Gasteiger partial charge >= 0.3 is 0 Å². The molecule has 0 bridgehead atoms. The zero-order valence-electron chi connectivity index (χ0n) is 17.0. The molecule has 7 heteroatoms. The highest BCUT2D eigenvalue weighted by Crippen LogP contribution is 2.31. The number of hydrogen-bond donors (Lipinski definition) is 1. The van der Waals surface area contributed by atoms with E-state index in [-0.39, 0.29) is 24.7 Å². The van der Waals surface area contributed by atoms with E-state index in [0.29, 0.717) is 18.9 Å². The van der Waals surface area contributed by atoms with E-state index >= 15 is 0 Å². The number of ether oxygens (including phenoxy) is 1. The summed E-state index contributed by atoms with van der Waals surface area (Å²) in [5.74, 6) is 2.87. The van der Waals surface area contributed by atoms with E-state index in [2.05, 4.69) is 16.3 Å². The summed E-state index contributed by atoms with van der Waals surface area (Å²) in [5.41, 5.74) is 2.76. The fraction of sp³-hybridized carbons (Fsp3) is 0.391. The summed E-state index contributed by atoms with van der Waals surface area (Å²) in [4.78, 5) is 29.3. The molecule has 158 valence electrons. The lowest BCUT2D eigenvalue weighted by molar-refractivity contribution is -0.122. The van der Waals surface area contributed by atoms with Crippen LogP contribution in [0.3, 0.4) is 0 Å². The number of anilines is 2. The van der Waals surface area contributed by atoms with Crippen molar-refractivity contribution in [2.24, 2.45) is 0 Å². The van der Waals surface area contributed by atoms with Gasteiger partial charge in [-0.25, -0.2) is 0 Å². The topological polar surface area (TPSA) is 61.9 Å². The van der Waals surface area contributed by atoms with E-state index in [4.69, 9.17) is 4.74 Å². The number of fused-ring (bicyclic) bond motifs is 1. The fourth-order valence-corrected chi connectivity index (χ4v) is 4.75. The smallest absolute Gasteiger partial charge is 0.227 e. The predicted molar refractivity (Wildman–Crippen MR) is 121 cm³/mol. The van der Waals surface area contributed by atoms with Gasteiger partial charge in [0.15, 0.2) is 0 Å². The molecule has 1 N–H and O–H groups in total. The van der Waals surface area contributed by atoms with Gasteiger partial charge in [-0.2, -0.15) is 11.8 Å². The molecule has 0 unspecified atom stereocenters. The molecule has 2 aromatic carbocycles. The standard InChI is InChI=1S/C23H27N3O3S/c27-22(8-9-23(28)26-10-13-29-21-7-2-1-6-20(21)26)24-19-5-3-4-18(16-19)17-25-11-14-30-15-12-25/h1-7,16H,8-15,17H2,(H,24,27). The Morgan fingerprint density at radius 2 is 1.83 bits per heavy atom. The van der Waals surface area contributed by atoms with Crippen LogP contribution in [0, 0.1) is 0 Å². The molecule has 6 nitrogen and oxygen atoms in total. The summed E-state index contributed by atoms with van der Waals surface area (Å²) < 4.78 is 5.60. The maximum Gasteiger partial charge on any atom is 0.227 e. The first-order chi connectivity index (χ1) is 14.7. The van der Waals surface area contributed by atoms with Crippen molar-refractivity contribution in [2.45, 2.75) is 19.4 Å². The molecule has 2 aliphatic rings. The molecule has 2 heterocycles. The fourth-order valence-electron chi connectivity index (χ4n) is 3.77. The number of para-hydroxylation sites is 2. The Balaban J connectivity index is 1.29. The van der Waals surface area contributed by atoms with Gasteiger partial charge in [0.25, 0.3) is 0 Å². The van der Waals surface area contributed by atoms with Gasteiger partial charge in [-0.3, -0.25) is 14.5 Å². The average Bonchev–Trinajstić information content (AvgIpc) is 2.78. The molecule has 1 saturated heterocycles. The van der Waals surface area contributed by atoms with Crippen LogP contribution < -0.4 is 15.0 Å². The Bertz CT molecular complexity index is 899. The zero-order valence-corrected chi connectivity index (χ0v) is 17.8. The molecule has 2 aliphatic heterocycles. The van der Waals surface area contributed by atoms with Gasteiger partial charge in [0.05, 0.1) is 12.2 Å². The van der Waals surface area contributed by atoms with Crippen LogP contribution in [0.1, 0.15) is 18.4 Å². The molecule has 0 radical (unpaired) electrons. The van der Waals surface area contributed by atoms with Crippen LogP contribution in [0.15, 0.2) is 48.5 Å². The van der Waals surface area contributed by atoms with Crippen LogP contribution in [0.25, 0.3) is 0 Å². The first-order valence-corrected chi connectivity index (χ1v) is 11.6. The Labute approximate surface area is 181 Å². The number of nitrogens with one attached hydrogen (secondary N) is 1. The second-order valence-electron chi connectivity index (χ2n) is 7.50. The minimum Gasteiger partial charge on any atom is -0.490 e. The molecule has 0 aliphatic carbocycles. The van der Waals surface area contributed by atoms with E-state index in [1.165, 1.54) is 17.1 Å². The van der Waals surface area contributed by atoms with Crippen molar-refractivity contribution in [1.29, 1.82) is 0 Å². The zero-order chi connectivity index (χ0) is 20.8. The number of amides is 2. The average molecular weight is 426 g/mol. The van der Waals surface area contributed by atoms with Crippen LogP contribution in [-0.4, -0.2) is 54.5 Å². The van der Waals surface area contributed by atoms with Gasteiger partial charge in [-0.05, 0) is 29.8 Å². The van der Waals surface area contributed by atoms with Crippen molar-refractivity contribution in [3.63, 3.8) is 0 Å². The van der Waals surface area contributed by atoms with E-state index in [9.17, 15) is 9.59 Å². The normalized spacial score (nSPS) is 16.5. The molecule has 0 saturated carbocycles. The van der Waals surface area contributed by atoms with Gasteiger partial charge in [-0.15, -0.1) is 0 Å². The van der Waals surface area contributed by atoms with Crippen LogP contribution in [0.5, 0.6) is 5.75 Å². The molecular weight excluding hydrogens is 398 g/mol. The SMILES string of the molecule is O=C(CCC(=O)N1CCOc2ccccc21)Nc1cccc(CN2CCSCC2)c1. The number of thioether (sulfide) groups is 1. The largest absolute Gasteiger partial charge is 0.490 e. The maximum atomic E-state index is 12.7. The summed E-state index contributed by atoms with van der Waals surface area (Å²) in [6.07, 6.45) is 0.331. The van der Waals surface area contributed by atoms with Crippen molar-refractivity contribution in [3.05, 3.63) is 54.1 Å². The number of benzene rings is 2. The summed E-state index contributed by atoms with van der Waals surface area (Å²) >= 11 is 2.00. The van der Waals surface area contributed by atoms with Gasteiger partial charge < -0.3 is 15.0 Å². The number of hydrogen-bond acceptors (Lipinski definition) is 5. The molecule has 1 fully saturated rings. The van der Waals surface area contributed by atoms with Crippen molar-refractivity contribution in [2.75, 3.05) is 48.0 Å². The summed E-state index contributed by atoms with van der Waals surface area (Å²) in [6.45, 7) is 4.09. The van der Waals surface area contributed by atoms with Gasteiger partial charge in [0.1, 0.15) is 12.4 Å². The van der Waals surface area contributed by atoms with Crippen molar-refractivity contribution in [1.82, 2.24) is 4.90 Å². The number of carbonyl (C=O) groups is 2. The molecule has 0 spiro atoms. The molecule has 0 aromatic heterocycles. The third-order valence-corrected chi connectivity index (χ3v) is 6.26. The van der Waals surface area contributed by atoms with Crippen molar-refractivity contribution in [3.8, 4) is 5.75 Å². The van der Waals surface area contributed by atoms with Gasteiger partial charge in [0.2, 0.25) is 11.8 Å². The van der Waals surface area contributed by atoms with Crippen LogP contribution >= 0.6 is 11.8 Å². The number of nitrogens with zero attached hydrogens (tertiary/aromatic N) is 2. The molecule has 4 rings (SSSR count). The van der Waals surface area contributed by atoms with E-state index in [0.717, 1.165) is 31.0 Å². The maximum absolute atomic E-state index is 12.7. The molecule has 30 heavy (non-hydrogen) atoms. The lowest BCUT2D eigenvalue weighted by Crippen LogP contribution is -2.38. The highest BCUT2D eigenvalue weighted by Gasteiger charge is 2.23. The quantitative estimate of drug-likeness (QED) is 0.769. The van der Waals surface area contributed by atoms with Gasteiger partial charge in [0, 0.05) is 49.7 Å². The predicted octanol–water partition coefficient (Wildman–Crippen LogP) is 3.38. The van der Waals surface area contributed by atoms with E-state index < -0.39 is 0 Å². The molecular formula is C23H27N3O3S. The molecule has 2 aromatic rings. The minimum absolute atomic E-state index is 0.0578.